The second-order valence-electron chi connectivity index (χ2n) is 10.7. The van der Waals surface area contributed by atoms with E-state index in [4.69, 9.17) is 4.84 Å². The lowest BCUT2D eigenvalue weighted by Gasteiger charge is -2.34. The largest absolute Gasteiger partial charge is 0.434 e. The molecule has 0 bridgehead atoms. The van der Waals surface area contributed by atoms with Crippen LogP contribution in [0.5, 0.6) is 0 Å². The first-order chi connectivity index (χ1) is 19.8. The van der Waals surface area contributed by atoms with Crippen molar-refractivity contribution in [2.24, 2.45) is 0 Å². The van der Waals surface area contributed by atoms with Crippen molar-refractivity contribution in [2.45, 2.75) is 52.4 Å². The van der Waals surface area contributed by atoms with Crippen molar-refractivity contribution in [2.75, 3.05) is 6.54 Å². The van der Waals surface area contributed by atoms with Gasteiger partial charge >= 0.3 is 6.09 Å². The highest BCUT2D eigenvalue weighted by Gasteiger charge is 2.28. The van der Waals surface area contributed by atoms with Crippen LogP contribution in [0.3, 0.4) is 0 Å². The SMILES string of the molecule is CC(C)(C)N(CCc1ccccc1)C(=O)ONC(=O)c1ccnc(CN(Cc2ccccn2)Cc2ccccn2)c1. The molecule has 0 saturated carbocycles. The zero-order chi connectivity index (χ0) is 29.1. The van der Waals surface area contributed by atoms with Gasteiger partial charge in [0.25, 0.3) is 5.91 Å². The highest BCUT2D eigenvalue weighted by molar-refractivity contribution is 5.94. The van der Waals surface area contributed by atoms with Crippen LogP contribution in [-0.2, 0) is 30.9 Å². The first-order valence-electron chi connectivity index (χ1n) is 13.6. The number of hydrogen-bond donors (Lipinski definition) is 1. The Morgan fingerprint density at radius 3 is 1.93 bits per heavy atom. The quantitative estimate of drug-likeness (QED) is 0.270. The van der Waals surface area contributed by atoms with Crippen LogP contribution in [0.1, 0.15) is 53.8 Å². The molecule has 0 saturated heterocycles. The number of nitrogens with zero attached hydrogens (tertiary/aromatic N) is 5. The maximum absolute atomic E-state index is 13.0. The van der Waals surface area contributed by atoms with E-state index in [1.807, 2.05) is 87.5 Å². The van der Waals surface area contributed by atoms with E-state index in [0.29, 0.717) is 43.9 Å². The number of hydrogen-bond acceptors (Lipinski definition) is 7. The number of hydroxylamine groups is 1. The number of aromatic nitrogens is 3. The van der Waals surface area contributed by atoms with Gasteiger partial charge in [-0.1, -0.05) is 42.5 Å². The number of amides is 2. The third-order valence-corrected chi connectivity index (χ3v) is 6.42. The summed E-state index contributed by atoms with van der Waals surface area (Å²) in [6.45, 7) is 7.86. The van der Waals surface area contributed by atoms with Gasteiger partial charge in [-0.2, -0.15) is 5.48 Å². The zero-order valence-corrected chi connectivity index (χ0v) is 23.7. The summed E-state index contributed by atoms with van der Waals surface area (Å²) in [5.74, 6) is -0.528. The molecule has 9 heteroatoms. The Morgan fingerprint density at radius 2 is 1.34 bits per heavy atom. The summed E-state index contributed by atoms with van der Waals surface area (Å²) in [6, 6.07) is 24.8. The highest BCUT2D eigenvalue weighted by atomic mass is 16.7. The van der Waals surface area contributed by atoms with E-state index >= 15 is 0 Å². The highest BCUT2D eigenvalue weighted by Crippen LogP contribution is 2.16. The minimum absolute atomic E-state index is 0.338. The standard InChI is InChI=1S/C32H36N6O3/c1-32(2,3)38(20-16-25-11-5-4-6-12-25)31(40)41-36-30(39)26-15-19-35-29(21-26)24-37(22-27-13-7-9-17-33-27)23-28-14-8-10-18-34-28/h4-15,17-19,21H,16,20,22-24H2,1-3H3,(H,36,39). The predicted octanol–water partition coefficient (Wildman–Crippen LogP) is 5.20. The smallest absolute Gasteiger partial charge is 0.321 e. The van der Waals surface area contributed by atoms with Gasteiger partial charge in [0, 0.05) is 55.9 Å². The lowest BCUT2D eigenvalue weighted by molar-refractivity contribution is 0.0266. The van der Waals surface area contributed by atoms with Crippen LogP contribution < -0.4 is 5.48 Å². The van der Waals surface area contributed by atoms with Gasteiger partial charge in [0.05, 0.1) is 17.1 Å². The fourth-order valence-electron chi connectivity index (χ4n) is 4.33. The molecule has 0 atom stereocenters. The molecule has 4 rings (SSSR count). The van der Waals surface area contributed by atoms with Crippen LogP contribution in [0, 0.1) is 0 Å². The molecule has 3 aromatic heterocycles. The molecule has 3 heterocycles. The topological polar surface area (TPSA) is 101 Å². The molecule has 9 nitrogen and oxygen atoms in total. The van der Waals surface area contributed by atoms with E-state index in [-0.39, 0.29) is 0 Å². The molecule has 0 unspecified atom stereocenters. The van der Waals surface area contributed by atoms with Gasteiger partial charge in [0.2, 0.25) is 0 Å². The lowest BCUT2D eigenvalue weighted by atomic mass is 10.1. The molecule has 41 heavy (non-hydrogen) atoms. The summed E-state index contributed by atoms with van der Waals surface area (Å²) in [5, 5.41) is 0. The molecule has 0 spiro atoms. The normalized spacial score (nSPS) is 11.2. The van der Waals surface area contributed by atoms with Crippen molar-refractivity contribution in [1.82, 2.24) is 30.2 Å². The summed E-state index contributed by atoms with van der Waals surface area (Å²) < 4.78 is 0. The lowest BCUT2D eigenvalue weighted by Crippen LogP contribution is -2.48. The summed E-state index contributed by atoms with van der Waals surface area (Å²) in [4.78, 5) is 48.3. The Kier molecular flexibility index (Phi) is 10.1. The Hall–Kier alpha value is -4.63. The van der Waals surface area contributed by atoms with Crippen LogP contribution in [0.4, 0.5) is 4.79 Å². The predicted molar refractivity (Wildman–Crippen MR) is 156 cm³/mol. The van der Waals surface area contributed by atoms with Gasteiger partial charge in [-0.3, -0.25) is 24.6 Å². The van der Waals surface area contributed by atoms with Gasteiger partial charge in [-0.25, -0.2) is 4.79 Å². The molecule has 0 aliphatic heterocycles. The third-order valence-electron chi connectivity index (χ3n) is 6.42. The van der Waals surface area contributed by atoms with Crippen molar-refractivity contribution in [3.05, 3.63) is 126 Å². The fourth-order valence-corrected chi connectivity index (χ4v) is 4.33. The third kappa shape index (κ3) is 9.22. The number of pyridine rings is 3. The molecule has 0 aliphatic rings. The van der Waals surface area contributed by atoms with E-state index < -0.39 is 17.5 Å². The Balaban J connectivity index is 1.39. The summed E-state index contributed by atoms with van der Waals surface area (Å²) in [7, 11) is 0. The fraction of sp³-hybridized carbons (Fsp3) is 0.281. The monoisotopic (exact) mass is 552 g/mol. The summed E-state index contributed by atoms with van der Waals surface area (Å²) in [6.07, 6.45) is 5.16. The second-order valence-corrected chi connectivity index (χ2v) is 10.7. The molecule has 212 valence electrons. The minimum Gasteiger partial charge on any atom is -0.321 e. The molecular formula is C32H36N6O3. The average Bonchev–Trinajstić information content (AvgIpc) is 2.97. The van der Waals surface area contributed by atoms with E-state index in [2.05, 4.69) is 25.3 Å². The van der Waals surface area contributed by atoms with Crippen LogP contribution in [0.15, 0.2) is 97.5 Å². The van der Waals surface area contributed by atoms with Crippen LogP contribution in [0.25, 0.3) is 0 Å². The molecule has 1 N–H and O–H groups in total. The molecule has 1 aromatic carbocycles. The Morgan fingerprint density at radius 1 is 0.756 bits per heavy atom. The Labute approximate surface area is 241 Å². The van der Waals surface area contributed by atoms with Gasteiger partial charge in [-0.05, 0) is 69.2 Å². The van der Waals surface area contributed by atoms with Crippen LogP contribution in [0.2, 0.25) is 0 Å². The molecule has 0 aliphatic carbocycles. The zero-order valence-electron chi connectivity index (χ0n) is 23.7. The first kappa shape index (κ1) is 29.4. The van der Waals surface area contributed by atoms with Crippen molar-refractivity contribution in [1.29, 1.82) is 0 Å². The number of nitrogens with one attached hydrogen (secondary N) is 1. The first-order valence-corrected chi connectivity index (χ1v) is 13.6. The van der Waals surface area contributed by atoms with E-state index in [0.717, 1.165) is 17.0 Å². The molecule has 4 aromatic rings. The second kappa shape index (κ2) is 14.1. The van der Waals surface area contributed by atoms with Crippen LogP contribution >= 0.6 is 0 Å². The van der Waals surface area contributed by atoms with E-state index in [1.165, 1.54) is 0 Å². The van der Waals surface area contributed by atoms with E-state index in [1.54, 1.807) is 35.6 Å². The average molecular weight is 553 g/mol. The molecular weight excluding hydrogens is 516 g/mol. The van der Waals surface area contributed by atoms with E-state index in [9.17, 15) is 9.59 Å². The van der Waals surface area contributed by atoms with Crippen molar-refractivity contribution >= 4 is 12.0 Å². The Bertz CT molecular complexity index is 1350. The van der Waals surface area contributed by atoms with Crippen molar-refractivity contribution in [3.8, 4) is 0 Å². The number of carbonyl (C=O) groups excluding carboxylic acids is 2. The maximum atomic E-state index is 13.0. The molecule has 0 fully saturated rings. The number of rotatable bonds is 10. The minimum atomic E-state index is -0.618. The molecule has 2 amide bonds. The summed E-state index contributed by atoms with van der Waals surface area (Å²) >= 11 is 0. The van der Waals surface area contributed by atoms with Crippen molar-refractivity contribution in [3.63, 3.8) is 0 Å². The summed E-state index contributed by atoms with van der Waals surface area (Å²) in [5.41, 5.74) is 5.80. The number of benzene rings is 1. The van der Waals surface area contributed by atoms with Crippen molar-refractivity contribution < 1.29 is 14.4 Å². The van der Waals surface area contributed by atoms with Gasteiger partial charge < -0.3 is 9.74 Å². The maximum Gasteiger partial charge on any atom is 0.434 e. The van der Waals surface area contributed by atoms with Gasteiger partial charge in [0.1, 0.15) is 0 Å². The van der Waals surface area contributed by atoms with Crippen LogP contribution in [-0.4, -0.2) is 48.8 Å². The van der Waals surface area contributed by atoms with Gasteiger partial charge in [-0.15, -0.1) is 0 Å². The van der Waals surface area contributed by atoms with Gasteiger partial charge in [0.15, 0.2) is 0 Å². The number of carbonyl (C=O) groups is 2. The molecule has 0 radical (unpaired) electrons.